The first-order valence-electron chi connectivity index (χ1n) is 5.15. The lowest BCUT2D eigenvalue weighted by molar-refractivity contribution is 0.0842. The second kappa shape index (κ2) is 5.90. The van der Waals surface area contributed by atoms with Gasteiger partial charge in [-0.05, 0) is 26.1 Å². The van der Waals surface area contributed by atoms with Crippen LogP contribution in [0.4, 0.5) is 0 Å². The molecule has 0 bridgehead atoms. The van der Waals surface area contributed by atoms with Crippen LogP contribution < -0.4 is 5.73 Å². The standard InChI is InChI=1S/C11H20N2O2/c1-9(8-14-3)13(2)10(7-12)11-5-4-6-15-11/h4-6,9-10H,7-8,12H2,1-3H3. The Balaban J connectivity index is 2.66. The fourth-order valence-corrected chi connectivity index (χ4v) is 1.63. The third-order valence-corrected chi connectivity index (χ3v) is 2.69. The van der Waals surface area contributed by atoms with Crippen molar-refractivity contribution < 1.29 is 9.15 Å². The summed E-state index contributed by atoms with van der Waals surface area (Å²) in [6.07, 6.45) is 1.67. The van der Waals surface area contributed by atoms with Gasteiger partial charge in [0.15, 0.2) is 0 Å². The van der Waals surface area contributed by atoms with Gasteiger partial charge in [0.05, 0.1) is 18.9 Å². The first kappa shape index (κ1) is 12.2. The Morgan fingerprint density at radius 1 is 1.60 bits per heavy atom. The Kier molecular flexibility index (Phi) is 4.81. The third-order valence-electron chi connectivity index (χ3n) is 2.69. The van der Waals surface area contributed by atoms with Crippen molar-refractivity contribution in [3.63, 3.8) is 0 Å². The van der Waals surface area contributed by atoms with Crippen molar-refractivity contribution in [2.75, 3.05) is 27.3 Å². The van der Waals surface area contributed by atoms with Crippen molar-refractivity contribution in [2.24, 2.45) is 5.73 Å². The topological polar surface area (TPSA) is 51.6 Å². The molecule has 1 aromatic rings. The lowest BCUT2D eigenvalue weighted by Crippen LogP contribution is -2.39. The van der Waals surface area contributed by atoms with Crippen molar-refractivity contribution >= 4 is 0 Å². The van der Waals surface area contributed by atoms with E-state index in [0.29, 0.717) is 19.2 Å². The quantitative estimate of drug-likeness (QED) is 0.771. The van der Waals surface area contributed by atoms with Crippen LogP contribution in [-0.4, -0.2) is 38.3 Å². The lowest BCUT2D eigenvalue weighted by atomic mass is 10.1. The van der Waals surface area contributed by atoms with Gasteiger partial charge in [0, 0.05) is 19.7 Å². The lowest BCUT2D eigenvalue weighted by Gasteiger charge is -2.30. The SMILES string of the molecule is COCC(C)N(C)C(CN)c1ccco1. The molecule has 4 nitrogen and oxygen atoms in total. The zero-order valence-corrected chi connectivity index (χ0v) is 9.64. The predicted molar refractivity (Wildman–Crippen MR) is 59.6 cm³/mol. The molecule has 1 aromatic heterocycles. The monoisotopic (exact) mass is 212 g/mol. The van der Waals surface area contributed by atoms with Crippen LogP contribution in [0.2, 0.25) is 0 Å². The highest BCUT2D eigenvalue weighted by atomic mass is 16.5. The molecule has 0 saturated heterocycles. The van der Waals surface area contributed by atoms with E-state index in [1.807, 2.05) is 19.2 Å². The second-order valence-electron chi connectivity index (χ2n) is 3.74. The van der Waals surface area contributed by atoms with E-state index in [9.17, 15) is 0 Å². The normalized spacial score (nSPS) is 15.5. The minimum Gasteiger partial charge on any atom is -0.468 e. The Morgan fingerprint density at radius 2 is 2.33 bits per heavy atom. The van der Waals surface area contributed by atoms with Gasteiger partial charge < -0.3 is 14.9 Å². The van der Waals surface area contributed by atoms with Crippen LogP contribution in [0.3, 0.4) is 0 Å². The predicted octanol–water partition coefficient (Wildman–Crippen LogP) is 1.25. The summed E-state index contributed by atoms with van der Waals surface area (Å²) in [7, 11) is 3.73. The number of ether oxygens (including phenoxy) is 1. The molecule has 2 unspecified atom stereocenters. The maximum Gasteiger partial charge on any atom is 0.122 e. The molecule has 15 heavy (non-hydrogen) atoms. The maximum absolute atomic E-state index is 5.76. The minimum absolute atomic E-state index is 0.116. The van der Waals surface area contributed by atoms with Gasteiger partial charge in [-0.25, -0.2) is 0 Å². The van der Waals surface area contributed by atoms with Gasteiger partial charge in [-0.15, -0.1) is 0 Å². The van der Waals surface area contributed by atoms with Crippen molar-refractivity contribution in [3.05, 3.63) is 24.2 Å². The first-order valence-corrected chi connectivity index (χ1v) is 5.15. The smallest absolute Gasteiger partial charge is 0.122 e. The summed E-state index contributed by atoms with van der Waals surface area (Å²) in [5.74, 6) is 0.906. The molecule has 0 aromatic carbocycles. The molecule has 0 fully saturated rings. The molecule has 0 amide bonds. The molecule has 0 aliphatic rings. The highest BCUT2D eigenvalue weighted by Crippen LogP contribution is 2.20. The number of hydrogen-bond donors (Lipinski definition) is 1. The van der Waals surface area contributed by atoms with Crippen molar-refractivity contribution in [2.45, 2.75) is 19.0 Å². The van der Waals surface area contributed by atoms with E-state index in [1.54, 1.807) is 13.4 Å². The Hall–Kier alpha value is -0.840. The number of rotatable bonds is 6. The maximum atomic E-state index is 5.76. The number of likely N-dealkylation sites (N-methyl/N-ethyl adjacent to an activating group) is 1. The van der Waals surface area contributed by atoms with Gasteiger partial charge in [-0.2, -0.15) is 0 Å². The third kappa shape index (κ3) is 3.06. The molecule has 0 saturated carbocycles. The van der Waals surface area contributed by atoms with Gasteiger partial charge >= 0.3 is 0 Å². The Morgan fingerprint density at radius 3 is 2.80 bits per heavy atom. The molecule has 0 aliphatic carbocycles. The summed E-state index contributed by atoms with van der Waals surface area (Å²) in [6.45, 7) is 3.33. The van der Waals surface area contributed by atoms with Gasteiger partial charge in [0.25, 0.3) is 0 Å². The van der Waals surface area contributed by atoms with E-state index in [1.165, 1.54) is 0 Å². The molecule has 2 atom stereocenters. The Labute approximate surface area is 91.0 Å². The fourth-order valence-electron chi connectivity index (χ4n) is 1.63. The van der Waals surface area contributed by atoms with Gasteiger partial charge in [0.2, 0.25) is 0 Å². The van der Waals surface area contributed by atoms with Gasteiger partial charge in [-0.1, -0.05) is 0 Å². The van der Waals surface area contributed by atoms with Crippen LogP contribution in [0.25, 0.3) is 0 Å². The summed E-state index contributed by atoms with van der Waals surface area (Å²) in [5, 5.41) is 0. The van der Waals surface area contributed by atoms with Crippen LogP contribution >= 0.6 is 0 Å². The molecule has 86 valence electrons. The zero-order chi connectivity index (χ0) is 11.3. The molecule has 2 N–H and O–H groups in total. The summed E-state index contributed by atoms with van der Waals surface area (Å²) in [5.41, 5.74) is 5.76. The summed E-state index contributed by atoms with van der Waals surface area (Å²) < 4.78 is 10.5. The highest BCUT2D eigenvalue weighted by molar-refractivity contribution is 5.05. The highest BCUT2D eigenvalue weighted by Gasteiger charge is 2.22. The molecular formula is C11H20N2O2. The van der Waals surface area contributed by atoms with E-state index in [2.05, 4.69) is 11.8 Å². The van der Waals surface area contributed by atoms with E-state index in [4.69, 9.17) is 14.9 Å². The molecule has 0 aliphatic heterocycles. The average molecular weight is 212 g/mol. The van der Waals surface area contributed by atoms with Crippen molar-refractivity contribution in [1.82, 2.24) is 4.90 Å². The average Bonchev–Trinajstić information content (AvgIpc) is 2.72. The molecule has 0 radical (unpaired) electrons. The number of nitrogens with two attached hydrogens (primary N) is 1. The van der Waals surface area contributed by atoms with E-state index < -0.39 is 0 Å². The van der Waals surface area contributed by atoms with Gasteiger partial charge in [-0.3, -0.25) is 4.90 Å². The number of hydrogen-bond acceptors (Lipinski definition) is 4. The summed E-state index contributed by atoms with van der Waals surface area (Å²) in [6, 6.07) is 4.26. The fraction of sp³-hybridized carbons (Fsp3) is 0.636. The number of methoxy groups -OCH3 is 1. The van der Waals surface area contributed by atoms with Crippen LogP contribution in [0.15, 0.2) is 22.8 Å². The van der Waals surface area contributed by atoms with E-state index in [-0.39, 0.29) is 6.04 Å². The number of furan rings is 1. The van der Waals surface area contributed by atoms with Crippen LogP contribution in [-0.2, 0) is 4.74 Å². The van der Waals surface area contributed by atoms with Crippen LogP contribution in [0.5, 0.6) is 0 Å². The second-order valence-corrected chi connectivity index (χ2v) is 3.74. The van der Waals surface area contributed by atoms with E-state index >= 15 is 0 Å². The zero-order valence-electron chi connectivity index (χ0n) is 9.64. The van der Waals surface area contributed by atoms with Crippen molar-refractivity contribution in [1.29, 1.82) is 0 Å². The first-order chi connectivity index (χ1) is 7.20. The molecule has 0 spiro atoms. The number of nitrogens with zero attached hydrogens (tertiary/aromatic N) is 1. The summed E-state index contributed by atoms with van der Waals surface area (Å²) in [4.78, 5) is 2.17. The molecule has 1 heterocycles. The van der Waals surface area contributed by atoms with Crippen LogP contribution in [0, 0.1) is 0 Å². The molecule has 4 heteroatoms. The van der Waals surface area contributed by atoms with Crippen molar-refractivity contribution in [3.8, 4) is 0 Å². The Bertz CT molecular complexity index is 262. The van der Waals surface area contributed by atoms with Gasteiger partial charge in [0.1, 0.15) is 5.76 Å². The largest absolute Gasteiger partial charge is 0.468 e. The molecule has 1 rings (SSSR count). The van der Waals surface area contributed by atoms with E-state index in [0.717, 1.165) is 5.76 Å². The minimum atomic E-state index is 0.116. The van der Waals surface area contributed by atoms with Crippen LogP contribution in [0.1, 0.15) is 18.7 Å². The summed E-state index contributed by atoms with van der Waals surface area (Å²) >= 11 is 0. The molecular weight excluding hydrogens is 192 g/mol.